The first kappa shape index (κ1) is 20.2. The molecule has 0 fully saturated rings. The van der Waals surface area contributed by atoms with Gasteiger partial charge in [0.05, 0.1) is 6.61 Å². The lowest BCUT2D eigenvalue weighted by Gasteiger charge is -2.10. The highest BCUT2D eigenvalue weighted by molar-refractivity contribution is 5.86. The van der Waals surface area contributed by atoms with Crippen LogP contribution in [0.2, 0.25) is 0 Å². The third-order valence-electron chi connectivity index (χ3n) is 3.97. The average Bonchev–Trinajstić information content (AvgIpc) is 2.46. The fourth-order valence-corrected chi connectivity index (χ4v) is 2.48. The number of ether oxygens (including phenoxy) is 1. The van der Waals surface area contributed by atoms with E-state index in [9.17, 15) is 4.79 Å². The van der Waals surface area contributed by atoms with Gasteiger partial charge in [-0.05, 0) is 19.3 Å². The highest BCUT2D eigenvalue weighted by Gasteiger charge is 2.03. The molecule has 0 aromatic heterocycles. The summed E-state index contributed by atoms with van der Waals surface area (Å²) < 4.78 is 5.07. The van der Waals surface area contributed by atoms with Crippen LogP contribution in [0.5, 0.6) is 0 Å². The van der Waals surface area contributed by atoms with E-state index in [0.717, 1.165) is 18.8 Å². The van der Waals surface area contributed by atoms with E-state index in [1.54, 1.807) is 6.92 Å². The lowest BCUT2D eigenvalue weighted by Crippen LogP contribution is -2.06. The summed E-state index contributed by atoms with van der Waals surface area (Å²) in [6, 6.07) is 0. The van der Waals surface area contributed by atoms with Gasteiger partial charge < -0.3 is 4.74 Å². The van der Waals surface area contributed by atoms with E-state index in [0.29, 0.717) is 12.2 Å². The van der Waals surface area contributed by atoms with Crippen molar-refractivity contribution in [2.75, 3.05) is 6.61 Å². The van der Waals surface area contributed by atoms with E-state index >= 15 is 0 Å². The minimum atomic E-state index is -0.258. The Labute approximate surface area is 132 Å². The molecule has 2 nitrogen and oxygen atoms in total. The van der Waals surface area contributed by atoms with Crippen molar-refractivity contribution in [2.45, 2.75) is 91.4 Å². The molecule has 1 atom stereocenters. The molecule has 0 aliphatic rings. The van der Waals surface area contributed by atoms with Gasteiger partial charge in [0.15, 0.2) is 0 Å². The maximum Gasteiger partial charge on any atom is 0.333 e. The predicted molar refractivity (Wildman–Crippen MR) is 91.4 cm³/mol. The van der Waals surface area contributed by atoms with Crippen molar-refractivity contribution < 1.29 is 9.53 Å². The SMILES string of the molecule is C=C(C)C(=O)OCCCCCCCC(C)CCCCCC. The standard InChI is InChI=1S/C19H36O2/c1-5-6-7-11-14-18(4)15-12-9-8-10-13-16-21-19(20)17(2)3/h18H,2,5-16H2,1,3-4H3. The molecule has 1 unspecified atom stereocenters. The molecule has 21 heavy (non-hydrogen) atoms. The molecule has 0 saturated heterocycles. The van der Waals surface area contributed by atoms with E-state index < -0.39 is 0 Å². The van der Waals surface area contributed by atoms with Crippen LogP contribution in [0.25, 0.3) is 0 Å². The van der Waals surface area contributed by atoms with Gasteiger partial charge in [-0.2, -0.15) is 0 Å². The normalized spacial score (nSPS) is 12.1. The molecule has 2 heteroatoms. The average molecular weight is 296 g/mol. The highest BCUT2D eigenvalue weighted by atomic mass is 16.5. The van der Waals surface area contributed by atoms with Gasteiger partial charge in [-0.25, -0.2) is 4.79 Å². The first-order valence-electron chi connectivity index (χ1n) is 8.90. The van der Waals surface area contributed by atoms with Crippen molar-refractivity contribution in [2.24, 2.45) is 5.92 Å². The topological polar surface area (TPSA) is 26.3 Å². The molecular formula is C19H36O2. The molecular weight excluding hydrogens is 260 g/mol. The van der Waals surface area contributed by atoms with E-state index in [1.807, 2.05) is 0 Å². The van der Waals surface area contributed by atoms with Gasteiger partial charge in [0, 0.05) is 5.57 Å². The second kappa shape index (κ2) is 14.2. The second-order valence-corrected chi connectivity index (χ2v) is 6.43. The molecule has 0 bridgehead atoms. The van der Waals surface area contributed by atoms with Crippen LogP contribution >= 0.6 is 0 Å². The molecule has 0 spiro atoms. The molecule has 0 heterocycles. The van der Waals surface area contributed by atoms with Gasteiger partial charge in [-0.3, -0.25) is 0 Å². The molecule has 0 aliphatic carbocycles. The summed E-state index contributed by atoms with van der Waals surface area (Å²) >= 11 is 0. The fourth-order valence-electron chi connectivity index (χ4n) is 2.48. The lowest BCUT2D eigenvalue weighted by atomic mass is 9.96. The van der Waals surface area contributed by atoms with E-state index in [2.05, 4.69) is 20.4 Å². The Kier molecular flexibility index (Phi) is 13.6. The Balaban J connectivity index is 3.24. The molecule has 0 N–H and O–H groups in total. The van der Waals surface area contributed by atoms with Gasteiger partial charge in [0.2, 0.25) is 0 Å². The van der Waals surface area contributed by atoms with Crippen molar-refractivity contribution in [1.82, 2.24) is 0 Å². The lowest BCUT2D eigenvalue weighted by molar-refractivity contribution is -0.139. The molecule has 0 saturated carbocycles. The number of esters is 1. The van der Waals surface area contributed by atoms with Gasteiger partial charge in [0.25, 0.3) is 0 Å². The summed E-state index contributed by atoms with van der Waals surface area (Å²) in [4.78, 5) is 11.2. The Hall–Kier alpha value is -0.790. The van der Waals surface area contributed by atoms with Crippen molar-refractivity contribution in [1.29, 1.82) is 0 Å². The number of hydrogen-bond donors (Lipinski definition) is 0. The quantitative estimate of drug-likeness (QED) is 0.221. The van der Waals surface area contributed by atoms with Crippen LogP contribution in [0.15, 0.2) is 12.2 Å². The van der Waals surface area contributed by atoms with Crippen LogP contribution in [0, 0.1) is 5.92 Å². The maximum absolute atomic E-state index is 11.2. The van der Waals surface area contributed by atoms with E-state index in [-0.39, 0.29) is 5.97 Å². The number of carbonyl (C=O) groups excluding carboxylic acids is 1. The van der Waals surface area contributed by atoms with Crippen LogP contribution in [-0.2, 0) is 9.53 Å². The Morgan fingerprint density at radius 1 is 0.952 bits per heavy atom. The zero-order chi connectivity index (χ0) is 15.9. The summed E-state index contributed by atoms with van der Waals surface area (Å²) in [5.74, 6) is 0.630. The fraction of sp³-hybridized carbons (Fsp3) is 0.842. The zero-order valence-corrected chi connectivity index (χ0v) is 14.6. The second-order valence-electron chi connectivity index (χ2n) is 6.43. The summed E-state index contributed by atoms with van der Waals surface area (Å²) in [7, 11) is 0. The zero-order valence-electron chi connectivity index (χ0n) is 14.6. The predicted octanol–water partition coefficient (Wildman–Crippen LogP) is 6.05. The number of unbranched alkanes of at least 4 members (excludes halogenated alkanes) is 7. The maximum atomic E-state index is 11.2. The summed E-state index contributed by atoms with van der Waals surface area (Å²) in [5, 5.41) is 0. The Morgan fingerprint density at radius 2 is 1.48 bits per heavy atom. The van der Waals surface area contributed by atoms with Gasteiger partial charge in [-0.15, -0.1) is 0 Å². The largest absolute Gasteiger partial charge is 0.462 e. The van der Waals surface area contributed by atoms with Crippen LogP contribution in [-0.4, -0.2) is 12.6 Å². The van der Waals surface area contributed by atoms with E-state index in [4.69, 9.17) is 4.74 Å². The van der Waals surface area contributed by atoms with Crippen LogP contribution in [0.3, 0.4) is 0 Å². The summed E-state index contributed by atoms with van der Waals surface area (Å²) in [5.41, 5.74) is 0.489. The highest BCUT2D eigenvalue weighted by Crippen LogP contribution is 2.17. The van der Waals surface area contributed by atoms with Crippen molar-refractivity contribution in [3.05, 3.63) is 12.2 Å². The number of rotatable bonds is 14. The Bertz CT molecular complexity index is 271. The Morgan fingerprint density at radius 3 is 2.05 bits per heavy atom. The summed E-state index contributed by atoms with van der Waals surface area (Å²) in [6.07, 6.45) is 14.4. The molecule has 0 aromatic carbocycles. The molecule has 0 radical (unpaired) electrons. The van der Waals surface area contributed by atoms with Crippen LogP contribution in [0.1, 0.15) is 91.4 Å². The minimum absolute atomic E-state index is 0.258. The van der Waals surface area contributed by atoms with Gasteiger partial charge in [0.1, 0.15) is 0 Å². The third-order valence-corrected chi connectivity index (χ3v) is 3.97. The van der Waals surface area contributed by atoms with Crippen LogP contribution in [0.4, 0.5) is 0 Å². The third kappa shape index (κ3) is 13.9. The molecule has 0 aliphatic heterocycles. The number of hydrogen-bond acceptors (Lipinski definition) is 2. The molecule has 124 valence electrons. The van der Waals surface area contributed by atoms with Crippen molar-refractivity contribution in [3.8, 4) is 0 Å². The van der Waals surface area contributed by atoms with Crippen LogP contribution < -0.4 is 0 Å². The molecule has 0 aromatic rings. The first-order chi connectivity index (χ1) is 10.1. The van der Waals surface area contributed by atoms with Gasteiger partial charge in [-0.1, -0.05) is 84.6 Å². The van der Waals surface area contributed by atoms with E-state index in [1.165, 1.54) is 57.8 Å². The van der Waals surface area contributed by atoms with Crippen molar-refractivity contribution >= 4 is 5.97 Å². The molecule has 0 rings (SSSR count). The molecule has 0 amide bonds. The number of carbonyl (C=O) groups is 1. The smallest absolute Gasteiger partial charge is 0.333 e. The first-order valence-corrected chi connectivity index (χ1v) is 8.90. The summed E-state index contributed by atoms with van der Waals surface area (Å²) in [6.45, 7) is 10.5. The van der Waals surface area contributed by atoms with Gasteiger partial charge >= 0.3 is 5.97 Å². The minimum Gasteiger partial charge on any atom is -0.462 e. The van der Waals surface area contributed by atoms with Crippen molar-refractivity contribution in [3.63, 3.8) is 0 Å². The monoisotopic (exact) mass is 296 g/mol.